The molecule has 1 N–H and O–H groups in total. The van der Waals surface area contributed by atoms with Gasteiger partial charge < -0.3 is 9.30 Å². The lowest BCUT2D eigenvalue weighted by Crippen LogP contribution is -2.10. The van der Waals surface area contributed by atoms with Crippen molar-refractivity contribution in [3.63, 3.8) is 0 Å². The van der Waals surface area contributed by atoms with Crippen LogP contribution in [-0.2, 0) is 20.9 Å². The van der Waals surface area contributed by atoms with Crippen molar-refractivity contribution in [3.8, 4) is 0 Å². The summed E-state index contributed by atoms with van der Waals surface area (Å²) in [6.45, 7) is 2.24. The van der Waals surface area contributed by atoms with E-state index in [2.05, 4.69) is 25.0 Å². The number of fused-ring (bicyclic) bond motifs is 1. The van der Waals surface area contributed by atoms with E-state index in [0.717, 1.165) is 25.8 Å². The molecular weight excluding hydrogens is 442 g/mol. The van der Waals surface area contributed by atoms with Crippen molar-refractivity contribution >= 4 is 40.6 Å². The Morgan fingerprint density at radius 2 is 1.45 bits per heavy atom. The van der Waals surface area contributed by atoms with E-state index in [4.69, 9.17) is 11.6 Å². The van der Waals surface area contributed by atoms with Crippen LogP contribution in [0.25, 0.3) is 11.2 Å². The van der Waals surface area contributed by atoms with E-state index >= 15 is 0 Å². The minimum atomic E-state index is -0.232. The summed E-state index contributed by atoms with van der Waals surface area (Å²) in [5, 5.41) is 2.83. The van der Waals surface area contributed by atoms with Crippen LogP contribution in [0.1, 0.15) is 96.8 Å². The molecule has 2 heterocycles. The molecule has 0 aliphatic carbocycles. The van der Waals surface area contributed by atoms with Gasteiger partial charge >= 0.3 is 5.97 Å². The molecule has 0 bridgehead atoms. The number of ether oxygens (including phenoxy) is 1. The highest BCUT2D eigenvalue weighted by atomic mass is 35.5. The lowest BCUT2D eigenvalue weighted by Gasteiger charge is -2.06. The number of aryl methyl sites for hydroxylation is 1. The first-order valence-corrected chi connectivity index (χ1v) is 12.6. The van der Waals surface area contributed by atoms with Gasteiger partial charge in [0, 0.05) is 19.9 Å². The number of hydrogen-bond donors (Lipinski definition) is 1. The molecule has 2 aromatic heterocycles. The summed E-state index contributed by atoms with van der Waals surface area (Å²) in [6, 6.07) is 0. The van der Waals surface area contributed by atoms with E-state index in [0.29, 0.717) is 17.6 Å². The largest absolute Gasteiger partial charge is 0.469 e. The first kappa shape index (κ1) is 27.0. The molecular formula is C24H38ClN5O3. The van der Waals surface area contributed by atoms with Gasteiger partial charge in [0.15, 0.2) is 10.8 Å². The van der Waals surface area contributed by atoms with E-state index in [9.17, 15) is 9.59 Å². The van der Waals surface area contributed by atoms with Gasteiger partial charge in [-0.05, 0) is 12.8 Å². The third-order valence-electron chi connectivity index (χ3n) is 5.72. The van der Waals surface area contributed by atoms with Crippen LogP contribution in [0.5, 0.6) is 0 Å². The summed E-state index contributed by atoms with van der Waals surface area (Å²) >= 11 is 6.17. The number of unbranched alkanes of at least 4 members (excludes halogenated alkanes) is 12. The van der Waals surface area contributed by atoms with Gasteiger partial charge in [0.25, 0.3) is 0 Å². The molecule has 0 radical (unpaired) electrons. The van der Waals surface area contributed by atoms with E-state index in [1.54, 1.807) is 6.33 Å². The van der Waals surface area contributed by atoms with Gasteiger partial charge in [-0.15, -0.1) is 0 Å². The van der Waals surface area contributed by atoms with E-state index in [-0.39, 0.29) is 23.0 Å². The molecule has 0 fully saturated rings. The number of nitrogens with one attached hydrogen (secondary N) is 1. The van der Waals surface area contributed by atoms with Crippen molar-refractivity contribution in [3.05, 3.63) is 11.5 Å². The Kier molecular flexibility index (Phi) is 12.8. The topological polar surface area (TPSA) is 99.0 Å². The van der Waals surface area contributed by atoms with Crippen molar-refractivity contribution in [1.82, 2.24) is 19.5 Å². The fraction of sp³-hybridized carbons (Fsp3) is 0.708. The van der Waals surface area contributed by atoms with Gasteiger partial charge in [0.2, 0.25) is 11.9 Å². The summed E-state index contributed by atoms with van der Waals surface area (Å²) in [5.74, 6) is -0.119. The van der Waals surface area contributed by atoms with Crippen molar-refractivity contribution in [2.24, 2.45) is 0 Å². The molecule has 0 aromatic carbocycles. The molecule has 0 aliphatic heterocycles. The number of aromatic nitrogens is 4. The number of carbonyl (C=O) groups is 2. The molecule has 0 unspecified atom stereocenters. The van der Waals surface area contributed by atoms with Crippen LogP contribution in [-0.4, -0.2) is 38.5 Å². The Bertz CT molecular complexity index is 871. The highest BCUT2D eigenvalue weighted by Crippen LogP contribution is 2.21. The van der Waals surface area contributed by atoms with Crippen LogP contribution in [0.3, 0.4) is 0 Å². The normalized spacial score (nSPS) is 11.1. The predicted molar refractivity (Wildman–Crippen MR) is 131 cm³/mol. The highest BCUT2D eigenvalue weighted by Gasteiger charge is 2.12. The Balaban J connectivity index is 1.49. The molecule has 0 saturated heterocycles. The Morgan fingerprint density at radius 1 is 0.909 bits per heavy atom. The Labute approximate surface area is 201 Å². The number of esters is 1. The molecule has 9 heteroatoms. The van der Waals surface area contributed by atoms with Crippen LogP contribution >= 0.6 is 11.6 Å². The SMILES string of the molecule is COC(=O)CCCCCCCCCCCCCCCn1cnc2c(Cl)nc(NC(C)=O)nc21. The number of rotatable bonds is 17. The second kappa shape index (κ2) is 15.6. The molecule has 33 heavy (non-hydrogen) atoms. The molecule has 0 spiro atoms. The maximum atomic E-state index is 11.3. The second-order valence-electron chi connectivity index (χ2n) is 8.55. The minimum Gasteiger partial charge on any atom is -0.469 e. The second-order valence-corrected chi connectivity index (χ2v) is 8.91. The lowest BCUT2D eigenvalue weighted by molar-refractivity contribution is -0.140. The lowest BCUT2D eigenvalue weighted by atomic mass is 10.0. The quantitative estimate of drug-likeness (QED) is 0.168. The maximum Gasteiger partial charge on any atom is 0.305 e. The summed E-state index contributed by atoms with van der Waals surface area (Å²) in [4.78, 5) is 35.1. The zero-order chi connectivity index (χ0) is 23.9. The highest BCUT2D eigenvalue weighted by molar-refractivity contribution is 6.33. The van der Waals surface area contributed by atoms with Crippen LogP contribution in [0.15, 0.2) is 6.33 Å². The summed E-state index contributed by atoms with van der Waals surface area (Å²) < 4.78 is 6.63. The predicted octanol–water partition coefficient (Wildman–Crippen LogP) is 6.07. The van der Waals surface area contributed by atoms with Gasteiger partial charge in [-0.3, -0.25) is 14.9 Å². The molecule has 1 amide bonds. The van der Waals surface area contributed by atoms with Crippen molar-refractivity contribution in [1.29, 1.82) is 0 Å². The summed E-state index contributed by atoms with van der Waals surface area (Å²) in [6.07, 6.45) is 18.1. The third-order valence-corrected chi connectivity index (χ3v) is 5.98. The molecule has 0 aliphatic rings. The third kappa shape index (κ3) is 10.5. The minimum absolute atomic E-state index is 0.0954. The number of carbonyl (C=O) groups excluding carboxylic acids is 2. The van der Waals surface area contributed by atoms with Crippen molar-refractivity contribution in [2.45, 2.75) is 103 Å². The van der Waals surface area contributed by atoms with Crippen LogP contribution in [0, 0.1) is 0 Å². The van der Waals surface area contributed by atoms with E-state index in [1.807, 2.05) is 4.57 Å². The molecule has 0 atom stereocenters. The number of hydrogen-bond acceptors (Lipinski definition) is 6. The first-order valence-electron chi connectivity index (χ1n) is 12.2. The zero-order valence-corrected chi connectivity index (χ0v) is 20.8. The van der Waals surface area contributed by atoms with Gasteiger partial charge in [-0.1, -0.05) is 82.2 Å². The molecule has 0 saturated carbocycles. The summed E-state index contributed by atoms with van der Waals surface area (Å²) in [7, 11) is 1.45. The molecule has 2 aromatic rings. The van der Waals surface area contributed by atoms with Crippen LogP contribution in [0.4, 0.5) is 5.95 Å². The van der Waals surface area contributed by atoms with E-state index in [1.165, 1.54) is 78.2 Å². The first-order chi connectivity index (χ1) is 16.0. The Morgan fingerprint density at radius 3 is 2.00 bits per heavy atom. The average Bonchev–Trinajstić information content (AvgIpc) is 3.19. The zero-order valence-electron chi connectivity index (χ0n) is 20.1. The van der Waals surface area contributed by atoms with Crippen LogP contribution in [0.2, 0.25) is 5.15 Å². The van der Waals surface area contributed by atoms with Gasteiger partial charge in [-0.25, -0.2) is 4.98 Å². The standard InChI is InChI=1S/C24H38ClN5O3/c1-19(31)27-24-28-22(25)21-23(29-24)30(18-26-21)17-15-13-11-9-7-5-3-4-6-8-10-12-14-16-20(32)33-2/h18H,3-17H2,1-2H3,(H,27,28,29,31). The van der Waals surface area contributed by atoms with Gasteiger partial charge in [0.05, 0.1) is 13.4 Å². The number of anilines is 1. The Hall–Kier alpha value is -2.22. The van der Waals surface area contributed by atoms with Crippen molar-refractivity contribution < 1.29 is 14.3 Å². The number of nitrogens with zero attached hydrogens (tertiary/aromatic N) is 4. The fourth-order valence-electron chi connectivity index (χ4n) is 3.88. The summed E-state index contributed by atoms with van der Waals surface area (Å²) in [5.41, 5.74) is 1.22. The number of imidazole rings is 1. The fourth-order valence-corrected chi connectivity index (χ4v) is 4.10. The number of amides is 1. The van der Waals surface area contributed by atoms with Gasteiger partial charge in [-0.2, -0.15) is 9.97 Å². The maximum absolute atomic E-state index is 11.3. The number of halogens is 1. The molecule has 8 nitrogen and oxygen atoms in total. The average molecular weight is 480 g/mol. The smallest absolute Gasteiger partial charge is 0.305 e. The van der Waals surface area contributed by atoms with Crippen molar-refractivity contribution in [2.75, 3.05) is 12.4 Å². The van der Waals surface area contributed by atoms with E-state index < -0.39 is 0 Å². The number of methoxy groups -OCH3 is 1. The molecule has 2 rings (SSSR count). The molecule has 184 valence electrons. The monoisotopic (exact) mass is 479 g/mol. The van der Waals surface area contributed by atoms with Gasteiger partial charge in [0.1, 0.15) is 5.52 Å². The van der Waals surface area contributed by atoms with Crippen LogP contribution < -0.4 is 5.32 Å².